The third-order valence-electron chi connectivity index (χ3n) is 2.43. The molecule has 0 atom stereocenters. The lowest BCUT2D eigenvalue weighted by atomic mass is 10.0. The van der Waals surface area contributed by atoms with E-state index in [1.165, 1.54) is 18.4 Å². The molecule has 0 saturated heterocycles. The summed E-state index contributed by atoms with van der Waals surface area (Å²) in [5.41, 5.74) is 7.41. The lowest BCUT2D eigenvalue weighted by molar-refractivity contribution is 0.0603. The number of ether oxygens (including phenoxy) is 1. The molecule has 0 unspecified atom stereocenters. The zero-order valence-electron chi connectivity index (χ0n) is 9.37. The number of rotatable bonds is 2. The molecule has 0 bridgehead atoms. The van der Waals surface area contributed by atoms with E-state index < -0.39 is 5.97 Å². The van der Waals surface area contributed by atoms with E-state index in [-0.39, 0.29) is 0 Å². The molecule has 18 heavy (non-hydrogen) atoms. The first kappa shape index (κ1) is 13.2. The molecule has 2 rings (SSSR count). The van der Waals surface area contributed by atoms with Gasteiger partial charge in [0.05, 0.1) is 7.11 Å². The summed E-state index contributed by atoms with van der Waals surface area (Å²) in [4.78, 5) is 11.7. The molecule has 6 heteroatoms. The minimum Gasteiger partial charge on any atom is -0.465 e. The van der Waals surface area contributed by atoms with Crippen LogP contribution in [0.4, 0.5) is 5.00 Å². The maximum Gasteiger partial charge on any atom is 0.341 e. The third kappa shape index (κ3) is 2.32. The lowest BCUT2D eigenvalue weighted by Gasteiger charge is -2.06. The molecule has 0 radical (unpaired) electrons. The Balaban J connectivity index is 2.64. The van der Waals surface area contributed by atoms with Crippen molar-refractivity contribution in [3.63, 3.8) is 0 Å². The van der Waals surface area contributed by atoms with Crippen molar-refractivity contribution in [2.24, 2.45) is 0 Å². The van der Waals surface area contributed by atoms with E-state index in [4.69, 9.17) is 33.7 Å². The quantitative estimate of drug-likeness (QED) is 0.850. The van der Waals surface area contributed by atoms with Crippen LogP contribution < -0.4 is 5.73 Å². The average Bonchev–Trinajstić information content (AvgIpc) is 2.73. The fourth-order valence-electron chi connectivity index (χ4n) is 1.59. The van der Waals surface area contributed by atoms with Gasteiger partial charge in [-0.15, -0.1) is 11.3 Å². The first-order chi connectivity index (χ1) is 8.54. The van der Waals surface area contributed by atoms with Crippen LogP contribution >= 0.6 is 34.5 Å². The molecular weight excluding hydrogens is 293 g/mol. The van der Waals surface area contributed by atoms with Gasteiger partial charge in [-0.3, -0.25) is 0 Å². The molecular formula is C12H9Cl2NO2S. The minimum atomic E-state index is -0.486. The van der Waals surface area contributed by atoms with Gasteiger partial charge in [0.2, 0.25) is 0 Å². The van der Waals surface area contributed by atoms with Crippen molar-refractivity contribution in [2.45, 2.75) is 0 Å². The van der Waals surface area contributed by atoms with Crippen LogP contribution in [0, 0.1) is 0 Å². The molecule has 0 aliphatic heterocycles. The van der Waals surface area contributed by atoms with Gasteiger partial charge in [0.15, 0.2) is 0 Å². The predicted molar refractivity (Wildman–Crippen MR) is 75.5 cm³/mol. The van der Waals surface area contributed by atoms with Gasteiger partial charge in [0.25, 0.3) is 0 Å². The Bertz CT molecular complexity index is 610. The molecule has 0 fully saturated rings. The summed E-state index contributed by atoms with van der Waals surface area (Å²) in [7, 11) is 1.31. The number of carbonyl (C=O) groups excluding carboxylic acids is 1. The summed E-state index contributed by atoms with van der Waals surface area (Å²) in [6.07, 6.45) is 0. The molecule has 1 heterocycles. The zero-order chi connectivity index (χ0) is 13.3. The zero-order valence-corrected chi connectivity index (χ0v) is 11.7. The SMILES string of the molecule is COC(=O)c1c(-c2cc(Cl)ccc2Cl)csc1N. The molecule has 94 valence electrons. The second-order valence-electron chi connectivity index (χ2n) is 3.50. The highest BCUT2D eigenvalue weighted by Gasteiger charge is 2.20. The van der Waals surface area contributed by atoms with Crippen LogP contribution in [0.1, 0.15) is 10.4 Å². The van der Waals surface area contributed by atoms with Crippen molar-refractivity contribution < 1.29 is 9.53 Å². The number of esters is 1. The van der Waals surface area contributed by atoms with Crippen molar-refractivity contribution in [2.75, 3.05) is 12.8 Å². The highest BCUT2D eigenvalue weighted by molar-refractivity contribution is 7.15. The van der Waals surface area contributed by atoms with Gasteiger partial charge in [0, 0.05) is 26.6 Å². The second-order valence-corrected chi connectivity index (χ2v) is 5.26. The van der Waals surface area contributed by atoms with Gasteiger partial charge in [-0.05, 0) is 18.2 Å². The summed E-state index contributed by atoms with van der Waals surface area (Å²) >= 11 is 13.3. The van der Waals surface area contributed by atoms with Gasteiger partial charge in [0.1, 0.15) is 10.6 Å². The van der Waals surface area contributed by atoms with E-state index in [2.05, 4.69) is 0 Å². The van der Waals surface area contributed by atoms with Crippen molar-refractivity contribution in [1.29, 1.82) is 0 Å². The summed E-state index contributed by atoms with van der Waals surface area (Å²) in [6.45, 7) is 0. The summed E-state index contributed by atoms with van der Waals surface area (Å²) in [5.74, 6) is -0.486. The largest absolute Gasteiger partial charge is 0.465 e. The molecule has 0 amide bonds. The highest BCUT2D eigenvalue weighted by atomic mass is 35.5. The molecule has 0 aliphatic carbocycles. The van der Waals surface area contributed by atoms with Gasteiger partial charge >= 0.3 is 5.97 Å². The molecule has 1 aromatic heterocycles. The Kier molecular flexibility index (Phi) is 3.80. The van der Waals surface area contributed by atoms with Crippen LogP contribution in [0.2, 0.25) is 10.0 Å². The van der Waals surface area contributed by atoms with Crippen molar-refractivity contribution in [3.05, 3.63) is 39.2 Å². The van der Waals surface area contributed by atoms with E-state index in [1.54, 1.807) is 23.6 Å². The summed E-state index contributed by atoms with van der Waals surface area (Å²) in [6, 6.07) is 5.05. The number of hydrogen-bond donors (Lipinski definition) is 1. The Morgan fingerprint density at radius 3 is 2.72 bits per heavy atom. The standard InChI is InChI=1S/C12H9Cl2NO2S/c1-17-12(16)10-8(5-18-11(10)15)7-4-6(13)2-3-9(7)14/h2-5H,15H2,1H3. The molecule has 2 N–H and O–H groups in total. The maximum absolute atomic E-state index is 11.7. The Morgan fingerprint density at radius 2 is 2.06 bits per heavy atom. The van der Waals surface area contributed by atoms with Crippen LogP contribution in [0.3, 0.4) is 0 Å². The number of thiophene rings is 1. The smallest absolute Gasteiger partial charge is 0.341 e. The van der Waals surface area contributed by atoms with Crippen molar-refractivity contribution in [3.8, 4) is 11.1 Å². The fraction of sp³-hybridized carbons (Fsp3) is 0.0833. The number of carbonyl (C=O) groups is 1. The summed E-state index contributed by atoms with van der Waals surface area (Å²) in [5, 5.41) is 3.20. The Morgan fingerprint density at radius 1 is 1.33 bits per heavy atom. The van der Waals surface area contributed by atoms with Crippen LogP contribution in [0.5, 0.6) is 0 Å². The lowest BCUT2D eigenvalue weighted by Crippen LogP contribution is -2.04. The molecule has 0 spiro atoms. The molecule has 0 saturated carbocycles. The monoisotopic (exact) mass is 301 g/mol. The van der Waals surface area contributed by atoms with Crippen molar-refractivity contribution >= 4 is 45.5 Å². The van der Waals surface area contributed by atoms with Gasteiger partial charge in [-0.25, -0.2) is 4.79 Å². The van der Waals surface area contributed by atoms with Gasteiger partial charge in [-0.2, -0.15) is 0 Å². The first-order valence-corrected chi connectivity index (χ1v) is 6.59. The number of halogens is 2. The van der Waals surface area contributed by atoms with E-state index in [9.17, 15) is 4.79 Å². The minimum absolute atomic E-state index is 0.326. The number of anilines is 1. The number of nitrogens with two attached hydrogens (primary N) is 1. The maximum atomic E-state index is 11.7. The average molecular weight is 302 g/mol. The van der Waals surface area contributed by atoms with Gasteiger partial charge < -0.3 is 10.5 Å². The normalized spacial score (nSPS) is 10.4. The van der Waals surface area contributed by atoms with Crippen LogP contribution in [-0.4, -0.2) is 13.1 Å². The van der Waals surface area contributed by atoms with Crippen LogP contribution in [0.25, 0.3) is 11.1 Å². The van der Waals surface area contributed by atoms with E-state index in [1.807, 2.05) is 0 Å². The summed E-state index contributed by atoms with van der Waals surface area (Å²) < 4.78 is 4.72. The molecule has 2 aromatic rings. The highest BCUT2D eigenvalue weighted by Crippen LogP contribution is 2.38. The van der Waals surface area contributed by atoms with Gasteiger partial charge in [-0.1, -0.05) is 23.2 Å². The topological polar surface area (TPSA) is 52.3 Å². The predicted octanol–water partition coefficient (Wildman–Crippen LogP) is 4.09. The number of hydrogen-bond acceptors (Lipinski definition) is 4. The molecule has 0 aliphatic rings. The molecule has 1 aromatic carbocycles. The third-order valence-corrected chi connectivity index (χ3v) is 3.80. The van der Waals surface area contributed by atoms with E-state index in [0.717, 1.165) is 0 Å². The van der Waals surface area contributed by atoms with Crippen LogP contribution in [-0.2, 0) is 4.74 Å². The Labute approximate surface area is 118 Å². The first-order valence-electron chi connectivity index (χ1n) is 4.95. The van der Waals surface area contributed by atoms with Crippen LogP contribution in [0.15, 0.2) is 23.6 Å². The molecule has 3 nitrogen and oxygen atoms in total. The van der Waals surface area contributed by atoms with E-state index in [0.29, 0.717) is 31.7 Å². The van der Waals surface area contributed by atoms with E-state index >= 15 is 0 Å². The fourth-order valence-corrected chi connectivity index (χ4v) is 2.78. The number of methoxy groups -OCH3 is 1. The van der Waals surface area contributed by atoms with Crippen molar-refractivity contribution in [1.82, 2.24) is 0 Å². The Hall–Kier alpha value is -1.23. The second kappa shape index (κ2) is 5.18. The number of benzene rings is 1. The number of nitrogen functional groups attached to an aromatic ring is 1.